The average molecular weight is 286 g/mol. The molecule has 100 valence electrons. The lowest BCUT2D eigenvalue weighted by Gasteiger charge is -2.11. The summed E-state index contributed by atoms with van der Waals surface area (Å²) in [5, 5.41) is 6.17. The van der Waals surface area contributed by atoms with Crippen molar-refractivity contribution < 1.29 is 9.53 Å². The molecule has 0 bridgehead atoms. The number of aromatic nitrogens is 1. The summed E-state index contributed by atoms with van der Waals surface area (Å²) >= 11 is 3.47. The van der Waals surface area contributed by atoms with Crippen molar-refractivity contribution in [1.82, 2.24) is 4.98 Å². The van der Waals surface area contributed by atoms with Gasteiger partial charge in [-0.15, -0.1) is 11.3 Å². The molecule has 1 aromatic rings. The maximum atomic E-state index is 11.3. The van der Waals surface area contributed by atoms with Crippen LogP contribution < -0.4 is 5.32 Å². The lowest BCUT2D eigenvalue weighted by atomic mass is 10.3. The van der Waals surface area contributed by atoms with Gasteiger partial charge in [0.15, 0.2) is 5.13 Å². The molecule has 1 aliphatic rings. The molecule has 1 aromatic heterocycles. The van der Waals surface area contributed by atoms with E-state index in [0.29, 0.717) is 11.4 Å². The lowest BCUT2D eigenvalue weighted by molar-refractivity contribution is -0.142. The molecule has 0 unspecified atom stereocenters. The van der Waals surface area contributed by atoms with Crippen molar-refractivity contribution in [2.75, 3.05) is 24.7 Å². The Balaban J connectivity index is 1.80. The van der Waals surface area contributed by atoms with Crippen molar-refractivity contribution in [3.05, 3.63) is 11.1 Å². The van der Waals surface area contributed by atoms with E-state index in [4.69, 9.17) is 4.74 Å². The number of nitrogens with zero attached hydrogens (tertiary/aromatic N) is 1. The van der Waals surface area contributed by atoms with E-state index in [1.807, 2.05) is 24.1 Å². The van der Waals surface area contributed by atoms with Crippen molar-refractivity contribution in [3.63, 3.8) is 0 Å². The van der Waals surface area contributed by atoms with Gasteiger partial charge in [-0.05, 0) is 26.0 Å². The fraction of sp³-hybridized carbons (Fsp3) is 0.667. The minimum Gasteiger partial charge on any atom is -0.466 e. The molecule has 1 aliphatic carbocycles. The van der Waals surface area contributed by atoms with Gasteiger partial charge >= 0.3 is 5.97 Å². The van der Waals surface area contributed by atoms with Gasteiger partial charge in [0.05, 0.1) is 18.7 Å². The Labute approximate surface area is 116 Å². The summed E-state index contributed by atoms with van der Waals surface area (Å²) < 4.78 is 5.32. The van der Waals surface area contributed by atoms with E-state index in [1.54, 1.807) is 11.3 Å². The lowest BCUT2D eigenvalue weighted by Crippen LogP contribution is -2.17. The number of esters is 1. The molecular formula is C12H18N2O2S2. The molecule has 1 N–H and O–H groups in total. The normalized spacial score (nSPS) is 16.3. The average Bonchev–Trinajstić information content (AvgIpc) is 3.01. The van der Waals surface area contributed by atoms with Crippen molar-refractivity contribution in [2.24, 2.45) is 0 Å². The number of carbonyl (C=O) groups is 1. The molecule has 1 heterocycles. The standard InChI is InChI=1S/C12H18N2O2S2/c1-3-16-10(15)6-9-7-18-11(14-9)13-8-12(17-2)4-5-12/h7H,3-6,8H2,1-2H3,(H,13,14). The smallest absolute Gasteiger partial charge is 0.311 e. The monoisotopic (exact) mass is 286 g/mol. The summed E-state index contributed by atoms with van der Waals surface area (Å²) in [6.07, 6.45) is 4.98. The van der Waals surface area contributed by atoms with Crippen molar-refractivity contribution in [3.8, 4) is 0 Å². The third kappa shape index (κ3) is 3.62. The minimum absolute atomic E-state index is 0.211. The van der Waals surface area contributed by atoms with Crippen molar-refractivity contribution in [2.45, 2.75) is 30.9 Å². The van der Waals surface area contributed by atoms with Crippen LogP contribution in [-0.4, -0.2) is 35.1 Å². The van der Waals surface area contributed by atoms with Crippen LogP contribution in [0.1, 0.15) is 25.5 Å². The van der Waals surface area contributed by atoms with Crippen LogP contribution in [0.25, 0.3) is 0 Å². The molecule has 0 saturated heterocycles. The molecule has 18 heavy (non-hydrogen) atoms. The van der Waals surface area contributed by atoms with Crippen LogP contribution in [0.2, 0.25) is 0 Å². The highest BCUT2D eigenvalue weighted by Crippen LogP contribution is 2.47. The van der Waals surface area contributed by atoms with Crippen LogP contribution in [0.4, 0.5) is 5.13 Å². The van der Waals surface area contributed by atoms with Crippen LogP contribution >= 0.6 is 23.1 Å². The number of hydrogen-bond acceptors (Lipinski definition) is 6. The third-order valence-corrected chi connectivity index (χ3v) is 5.25. The molecule has 0 atom stereocenters. The second-order valence-corrected chi connectivity index (χ2v) is 6.50. The fourth-order valence-electron chi connectivity index (χ4n) is 1.66. The molecule has 0 aliphatic heterocycles. The summed E-state index contributed by atoms with van der Waals surface area (Å²) in [6.45, 7) is 3.19. The van der Waals surface area contributed by atoms with Gasteiger partial charge in [-0.25, -0.2) is 4.98 Å². The Morgan fingerprint density at radius 1 is 1.67 bits per heavy atom. The molecule has 2 rings (SSSR count). The molecule has 1 saturated carbocycles. The molecule has 0 aromatic carbocycles. The van der Waals surface area contributed by atoms with Crippen LogP contribution in [0.5, 0.6) is 0 Å². The minimum atomic E-state index is -0.211. The first-order valence-electron chi connectivity index (χ1n) is 6.06. The Morgan fingerprint density at radius 3 is 3.06 bits per heavy atom. The quantitative estimate of drug-likeness (QED) is 0.781. The van der Waals surface area contributed by atoms with Gasteiger partial charge in [0.1, 0.15) is 0 Å². The fourth-order valence-corrected chi connectivity index (χ4v) is 3.09. The number of nitrogens with one attached hydrogen (secondary N) is 1. The van der Waals surface area contributed by atoms with E-state index < -0.39 is 0 Å². The second-order valence-electron chi connectivity index (χ2n) is 4.37. The zero-order chi connectivity index (χ0) is 13.0. The molecule has 1 fully saturated rings. The molecule has 0 amide bonds. The van der Waals surface area contributed by atoms with Crippen LogP contribution in [0.15, 0.2) is 5.38 Å². The summed E-state index contributed by atoms with van der Waals surface area (Å²) in [4.78, 5) is 15.7. The van der Waals surface area contributed by atoms with E-state index >= 15 is 0 Å². The zero-order valence-electron chi connectivity index (χ0n) is 10.7. The predicted molar refractivity (Wildman–Crippen MR) is 76.4 cm³/mol. The van der Waals surface area contributed by atoms with E-state index in [-0.39, 0.29) is 12.4 Å². The SMILES string of the molecule is CCOC(=O)Cc1csc(NCC2(SC)CC2)n1. The van der Waals surface area contributed by atoms with Crippen LogP contribution in [0.3, 0.4) is 0 Å². The van der Waals surface area contributed by atoms with E-state index in [1.165, 1.54) is 12.8 Å². The number of thioether (sulfide) groups is 1. The zero-order valence-corrected chi connectivity index (χ0v) is 12.3. The number of rotatable bonds is 7. The first kappa shape index (κ1) is 13.7. The van der Waals surface area contributed by atoms with Gasteiger partial charge in [-0.2, -0.15) is 11.8 Å². The summed E-state index contributed by atoms with van der Waals surface area (Å²) in [6, 6.07) is 0. The third-order valence-electron chi connectivity index (χ3n) is 2.99. The van der Waals surface area contributed by atoms with Gasteiger partial charge < -0.3 is 10.1 Å². The Kier molecular flexibility index (Phi) is 4.50. The maximum absolute atomic E-state index is 11.3. The van der Waals surface area contributed by atoms with E-state index in [0.717, 1.165) is 17.4 Å². The highest BCUT2D eigenvalue weighted by atomic mass is 32.2. The van der Waals surface area contributed by atoms with E-state index in [2.05, 4.69) is 16.6 Å². The Hall–Kier alpha value is -0.750. The predicted octanol–water partition coefficient (Wildman–Crippen LogP) is 2.56. The van der Waals surface area contributed by atoms with Gasteiger partial charge in [-0.3, -0.25) is 4.79 Å². The molecule has 0 radical (unpaired) electrons. The Morgan fingerprint density at radius 2 is 2.44 bits per heavy atom. The number of ether oxygens (including phenoxy) is 1. The van der Waals surface area contributed by atoms with Gasteiger partial charge in [0.2, 0.25) is 0 Å². The summed E-state index contributed by atoms with van der Waals surface area (Å²) in [5.74, 6) is -0.211. The van der Waals surface area contributed by atoms with Gasteiger partial charge in [-0.1, -0.05) is 0 Å². The highest BCUT2D eigenvalue weighted by molar-refractivity contribution is 8.00. The second kappa shape index (κ2) is 5.93. The number of anilines is 1. The molecule has 4 nitrogen and oxygen atoms in total. The van der Waals surface area contributed by atoms with Crippen molar-refractivity contribution >= 4 is 34.2 Å². The summed E-state index contributed by atoms with van der Waals surface area (Å²) in [7, 11) is 0. The first-order valence-corrected chi connectivity index (χ1v) is 8.17. The van der Waals surface area contributed by atoms with Gasteiger partial charge in [0, 0.05) is 16.7 Å². The number of carbonyl (C=O) groups excluding carboxylic acids is 1. The topological polar surface area (TPSA) is 51.2 Å². The number of thiazole rings is 1. The molecular weight excluding hydrogens is 268 g/mol. The maximum Gasteiger partial charge on any atom is 0.311 e. The molecule has 0 spiro atoms. The van der Waals surface area contributed by atoms with Crippen LogP contribution in [-0.2, 0) is 16.0 Å². The van der Waals surface area contributed by atoms with Crippen molar-refractivity contribution in [1.29, 1.82) is 0 Å². The first-order chi connectivity index (χ1) is 8.67. The highest BCUT2D eigenvalue weighted by Gasteiger charge is 2.41. The van der Waals surface area contributed by atoms with Gasteiger partial charge in [0.25, 0.3) is 0 Å². The van der Waals surface area contributed by atoms with E-state index in [9.17, 15) is 4.79 Å². The Bertz CT molecular complexity index is 416. The largest absolute Gasteiger partial charge is 0.466 e. The molecule has 6 heteroatoms. The summed E-state index contributed by atoms with van der Waals surface area (Å²) in [5.41, 5.74) is 0.787. The van der Waals surface area contributed by atoms with Crippen LogP contribution in [0, 0.1) is 0 Å². The number of hydrogen-bond donors (Lipinski definition) is 1.